The second kappa shape index (κ2) is 6.90. The average molecular weight is 256 g/mol. The number of hydrogen-bond acceptors (Lipinski definition) is 3. The van der Waals surface area contributed by atoms with Gasteiger partial charge in [-0.2, -0.15) is 0 Å². The Hall–Kier alpha value is -1.56. The molecule has 0 aliphatic rings. The highest BCUT2D eigenvalue weighted by Crippen LogP contribution is 2.18. The highest BCUT2D eigenvalue weighted by Gasteiger charge is 2.05. The fraction of sp³-hybridized carbons (Fsp3) is 0.273. The van der Waals surface area contributed by atoms with E-state index in [0.717, 1.165) is 4.90 Å². The lowest BCUT2D eigenvalue weighted by atomic mass is 10.4. The van der Waals surface area contributed by atoms with Crippen molar-refractivity contribution in [2.24, 2.45) is 0 Å². The first-order chi connectivity index (χ1) is 8.11. The van der Waals surface area contributed by atoms with Crippen LogP contribution in [0.25, 0.3) is 0 Å². The van der Waals surface area contributed by atoms with Gasteiger partial charge in [-0.25, -0.2) is 9.18 Å². The second-order valence-corrected chi connectivity index (χ2v) is 4.35. The van der Waals surface area contributed by atoms with Crippen molar-refractivity contribution in [3.05, 3.63) is 30.1 Å². The first-order valence-corrected chi connectivity index (χ1v) is 6.00. The molecule has 1 rings (SSSR count). The zero-order chi connectivity index (χ0) is 12.7. The third-order valence-electron chi connectivity index (χ3n) is 1.89. The summed E-state index contributed by atoms with van der Waals surface area (Å²) in [6.07, 6.45) is 0.232. The van der Waals surface area contributed by atoms with Crippen LogP contribution in [0, 0.1) is 5.82 Å². The molecule has 92 valence electrons. The topological polar surface area (TPSA) is 58.2 Å². The van der Waals surface area contributed by atoms with Crippen LogP contribution in [0.4, 0.5) is 9.18 Å². The molecule has 0 aliphatic carbocycles. The van der Waals surface area contributed by atoms with Crippen LogP contribution in [0.5, 0.6) is 0 Å². The Balaban J connectivity index is 2.26. The Morgan fingerprint density at radius 1 is 1.29 bits per heavy atom. The number of hydrogen-bond donors (Lipinski definition) is 2. The SMILES string of the molecule is CNC(=O)NC(=O)CCSc1ccc(F)cc1. The van der Waals surface area contributed by atoms with Crippen molar-refractivity contribution in [1.82, 2.24) is 10.6 Å². The summed E-state index contributed by atoms with van der Waals surface area (Å²) in [5.41, 5.74) is 0. The number of thioether (sulfide) groups is 1. The van der Waals surface area contributed by atoms with Gasteiger partial charge in [0, 0.05) is 24.1 Å². The molecule has 4 nitrogen and oxygen atoms in total. The number of imide groups is 1. The maximum atomic E-state index is 12.6. The number of rotatable bonds is 4. The number of urea groups is 1. The molecule has 0 saturated carbocycles. The molecule has 0 fully saturated rings. The summed E-state index contributed by atoms with van der Waals surface area (Å²) in [5, 5.41) is 4.45. The maximum absolute atomic E-state index is 12.6. The van der Waals surface area contributed by atoms with Crippen LogP contribution in [-0.2, 0) is 4.79 Å². The van der Waals surface area contributed by atoms with Gasteiger partial charge in [0.2, 0.25) is 5.91 Å². The fourth-order valence-corrected chi connectivity index (χ4v) is 1.90. The van der Waals surface area contributed by atoms with E-state index >= 15 is 0 Å². The summed E-state index contributed by atoms with van der Waals surface area (Å²) in [5.74, 6) is -0.0836. The molecule has 0 spiro atoms. The van der Waals surface area contributed by atoms with Gasteiger partial charge in [-0.05, 0) is 24.3 Å². The normalized spacial score (nSPS) is 9.76. The van der Waals surface area contributed by atoms with Gasteiger partial charge in [-0.1, -0.05) is 0 Å². The van der Waals surface area contributed by atoms with E-state index in [1.165, 1.54) is 30.9 Å². The van der Waals surface area contributed by atoms with Crippen molar-refractivity contribution in [3.8, 4) is 0 Å². The van der Waals surface area contributed by atoms with Gasteiger partial charge < -0.3 is 5.32 Å². The van der Waals surface area contributed by atoms with Crippen molar-refractivity contribution >= 4 is 23.7 Å². The number of benzene rings is 1. The van der Waals surface area contributed by atoms with Gasteiger partial charge in [0.25, 0.3) is 0 Å². The van der Waals surface area contributed by atoms with Gasteiger partial charge in [0.1, 0.15) is 5.82 Å². The van der Waals surface area contributed by atoms with E-state index in [1.807, 2.05) is 0 Å². The Kier molecular flexibility index (Phi) is 5.48. The molecular formula is C11H13FN2O2S. The number of amides is 3. The van der Waals surface area contributed by atoms with Gasteiger partial charge in [0.05, 0.1) is 0 Å². The molecule has 0 heterocycles. The standard InChI is InChI=1S/C11H13FN2O2S/c1-13-11(16)14-10(15)6-7-17-9-4-2-8(12)3-5-9/h2-5H,6-7H2,1H3,(H2,13,14,15,16). The van der Waals surface area contributed by atoms with Crippen LogP contribution < -0.4 is 10.6 Å². The first-order valence-electron chi connectivity index (χ1n) is 5.01. The third kappa shape index (κ3) is 5.35. The van der Waals surface area contributed by atoms with E-state index in [9.17, 15) is 14.0 Å². The van der Waals surface area contributed by atoms with Crippen molar-refractivity contribution < 1.29 is 14.0 Å². The highest BCUT2D eigenvalue weighted by atomic mass is 32.2. The molecule has 2 N–H and O–H groups in total. The molecule has 0 atom stereocenters. The minimum Gasteiger partial charge on any atom is -0.341 e. The quantitative estimate of drug-likeness (QED) is 0.807. The van der Waals surface area contributed by atoms with E-state index < -0.39 is 6.03 Å². The smallest absolute Gasteiger partial charge is 0.321 e. The lowest BCUT2D eigenvalue weighted by Crippen LogP contribution is -2.37. The Morgan fingerprint density at radius 2 is 1.94 bits per heavy atom. The molecule has 1 aromatic carbocycles. The predicted molar refractivity (Wildman–Crippen MR) is 64.3 cm³/mol. The molecule has 0 aromatic heterocycles. The van der Waals surface area contributed by atoms with E-state index in [1.54, 1.807) is 12.1 Å². The van der Waals surface area contributed by atoms with E-state index in [2.05, 4.69) is 10.6 Å². The molecule has 1 aromatic rings. The van der Waals surface area contributed by atoms with E-state index in [0.29, 0.717) is 5.75 Å². The van der Waals surface area contributed by atoms with Crippen LogP contribution >= 0.6 is 11.8 Å². The summed E-state index contributed by atoms with van der Waals surface area (Å²) in [4.78, 5) is 22.9. The van der Waals surface area contributed by atoms with Crippen molar-refractivity contribution in [2.75, 3.05) is 12.8 Å². The monoisotopic (exact) mass is 256 g/mol. The Morgan fingerprint density at radius 3 is 2.53 bits per heavy atom. The highest BCUT2D eigenvalue weighted by molar-refractivity contribution is 7.99. The third-order valence-corrected chi connectivity index (χ3v) is 2.91. The maximum Gasteiger partial charge on any atom is 0.321 e. The average Bonchev–Trinajstić information content (AvgIpc) is 2.31. The fourth-order valence-electron chi connectivity index (χ4n) is 1.04. The van der Waals surface area contributed by atoms with Crippen molar-refractivity contribution in [2.45, 2.75) is 11.3 Å². The van der Waals surface area contributed by atoms with Crippen LogP contribution in [0.1, 0.15) is 6.42 Å². The Bertz CT molecular complexity index is 395. The molecule has 0 saturated heterocycles. The zero-order valence-electron chi connectivity index (χ0n) is 9.33. The van der Waals surface area contributed by atoms with Crippen LogP contribution in [-0.4, -0.2) is 24.7 Å². The first kappa shape index (κ1) is 13.5. The lowest BCUT2D eigenvalue weighted by Gasteiger charge is -2.03. The van der Waals surface area contributed by atoms with E-state index in [4.69, 9.17) is 0 Å². The van der Waals surface area contributed by atoms with Gasteiger partial charge >= 0.3 is 6.03 Å². The minimum atomic E-state index is -0.512. The summed E-state index contributed by atoms with van der Waals surface area (Å²) < 4.78 is 12.6. The van der Waals surface area contributed by atoms with Gasteiger partial charge in [0.15, 0.2) is 0 Å². The van der Waals surface area contributed by atoms with Crippen LogP contribution in [0.3, 0.4) is 0 Å². The zero-order valence-corrected chi connectivity index (χ0v) is 10.1. The number of carbonyl (C=O) groups is 2. The predicted octanol–water partition coefficient (Wildman–Crippen LogP) is 1.76. The molecule has 17 heavy (non-hydrogen) atoms. The number of carbonyl (C=O) groups excluding carboxylic acids is 2. The number of halogens is 1. The van der Waals surface area contributed by atoms with Gasteiger partial charge in [-0.3, -0.25) is 10.1 Å². The second-order valence-electron chi connectivity index (χ2n) is 3.18. The minimum absolute atomic E-state index is 0.232. The molecule has 0 aliphatic heterocycles. The molecule has 0 bridgehead atoms. The summed E-state index contributed by atoms with van der Waals surface area (Å²) in [6.45, 7) is 0. The molecular weight excluding hydrogens is 243 g/mol. The Labute approximate surface area is 103 Å². The summed E-state index contributed by atoms with van der Waals surface area (Å²) in [6, 6.07) is 5.52. The van der Waals surface area contributed by atoms with Gasteiger partial charge in [-0.15, -0.1) is 11.8 Å². The van der Waals surface area contributed by atoms with Crippen molar-refractivity contribution in [1.29, 1.82) is 0 Å². The van der Waals surface area contributed by atoms with Crippen LogP contribution in [0.2, 0.25) is 0 Å². The summed E-state index contributed by atoms with van der Waals surface area (Å²) in [7, 11) is 1.44. The summed E-state index contributed by atoms with van der Waals surface area (Å²) >= 11 is 1.43. The number of nitrogens with one attached hydrogen (secondary N) is 2. The molecule has 6 heteroatoms. The van der Waals surface area contributed by atoms with Crippen LogP contribution in [0.15, 0.2) is 29.2 Å². The molecule has 0 radical (unpaired) electrons. The molecule has 0 unspecified atom stereocenters. The lowest BCUT2D eigenvalue weighted by molar-refractivity contribution is -0.119. The van der Waals surface area contributed by atoms with Crippen molar-refractivity contribution in [3.63, 3.8) is 0 Å². The molecule has 3 amide bonds. The van der Waals surface area contributed by atoms with E-state index in [-0.39, 0.29) is 18.1 Å². The largest absolute Gasteiger partial charge is 0.341 e.